The van der Waals surface area contributed by atoms with Gasteiger partial charge in [0.2, 0.25) is 11.7 Å². The zero-order valence-electron chi connectivity index (χ0n) is 40.4. The van der Waals surface area contributed by atoms with Crippen molar-refractivity contribution in [2.45, 2.75) is 93.9 Å². The van der Waals surface area contributed by atoms with E-state index in [9.17, 15) is 67.5 Å². The number of anilines is 2. The first-order chi connectivity index (χ1) is 36.1. The topological polar surface area (TPSA) is 516 Å². The Hall–Kier alpha value is -4.62. The van der Waals surface area contributed by atoms with Crippen LogP contribution in [0.15, 0.2) is 45.6 Å². The number of nitrogens with zero attached hydrogens (tertiary/aromatic N) is 8. The minimum absolute atomic E-state index is 0.00671. The third-order valence-corrected chi connectivity index (χ3v) is 17.3. The number of aryl methyl sites for hydroxylation is 1. The lowest BCUT2D eigenvalue weighted by atomic mass is 9.95. The highest BCUT2D eigenvalue weighted by molar-refractivity contribution is 7.66. The van der Waals surface area contributed by atoms with Gasteiger partial charge in [0.15, 0.2) is 30.2 Å². The smallest absolute Gasteiger partial charge is 0.387 e. The van der Waals surface area contributed by atoms with Gasteiger partial charge in [0.05, 0.1) is 45.4 Å². The van der Waals surface area contributed by atoms with Crippen LogP contribution in [0, 0.1) is 5.92 Å². The van der Waals surface area contributed by atoms with E-state index in [0.717, 1.165) is 36.6 Å². The normalized spacial score (nSPS) is 30.0. The van der Waals surface area contributed by atoms with Crippen LogP contribution in [0.5, 0.6) is 0 Å². The predicted molar refractivity (Wildman–Crippen MR) is 251 cm³/mol. The number of nitrogen functional groups attached to an aromatic ring is 2. The maximum Gasteiger partial charge on any atom is 0.490 e. The van der Waals surface area contributed by atoms with Crippen LogP contribution in [-0.2, 0) is 75.7 Å². The van der Waals surface area contributed by atoms with Crippen molar-refractivity contribution in [1.29, 1.82) is 0 Å². The first kappa shape index (κ1) is 58.5. The Labute approximate surface area is 430 Å². The van der Waals surface area contributed by atoms with Crippen LogP contribution in [-0.4, -0.2) is 167 Å². The van der Waals surface area contributed by atoms with Crippen LogP contribution in [0.3, 0.4) is 0 Å². The van der Waals surface area contributed by atoms with E-state index in [1.165, 1.54) is 27.1 Å². The molecule has 0 bridgehead atoms. The molecule has 0 spiro atoms. The average molecular weight is 1180 g/mol. The van der Waals surface area contributed by atoms with E-state index >= 15 is 0 Å². The number of aromatic amines is 2. The standard InChI is InChI=1S/C36H52N12O25P4/c1-15(2)64-8-6-16-17(68-32(23(16)50)48-14-45(3)22-30(48)43-35(38)44-31(22)53)9-66-75(57,58)72-77(61,62)73-76(59,60)67-11-19-26(27(63-4)34(70-19)47-13-41-21-28(37)39-12-40-29(21)47)71-74(55,56)65-10-18-24(51)25(52)33(69-18)46-7-5-20(49)42-36(46)54/h5,7,12-19,23-27,32-34,50-52H,6,8-11H2,1-4H3,(H9-,37,38,39,40,42,43,44,49,53,54,55,56,57,58,59,60,61,62)/p+1/t16-,17-,18-,19-,23-,24-,25-,26-,27-,32-,33-,34-/m1/s1. The highest BCUT2D eigenvalue weighted by Gasteiger charge is 2.54. The van der Waals surface area contributed by atoms with E-state index in [0.29, 0.717) is 0 Å². The molecule has 5 aromatic heterocycles. The van der Waals surface area contributed by atoms with Gasteiger partial charge in [-0.25, -0.2) is 42.6 Å². The number of phosphoric ester groups is 3. The van der Waals surface area contributed by atoms with Crippen molar-refractivity contribution in [2.75, 3.05) is 45.0 Å². The monoisotopic (exact) mass is 1180 g/mol. The molecule has 3 saturated heterocycles. The summed E-state index contributed by atoms with van der Waals surface area (Å²) in [6.45, 7) is 0.332. The number of ether oxygens (including phenoxy) is 5. The lowest BCUT2D eigenvalue weighted by Crippen LogP contribution is -2.45. The lowest BCUT2D eigenvalue weighted by molar-refractivity contribution is -0.745. The molecular formula is C36H53N12O25P4+. The zero-order valence-corrected chi connectivity index (χ0v) is 44.0. The van der Waals surface area contributed by atoms with Crippen LogP contribution >= 0.6 is 31.3 Å². The summed E-state index contributed by atoms with van der Waals surface area (Å²) in [5, 5.41) is 32.8. The van der Waals surface area contributed by atoms with Gasteiger partial charge in [0.1, 0.15) is 54.6 Å². The number of nitrogens with two attached hydrogens (primary N) is 2. The molecule has 0 saturated carbocycles. The summed E-state index contributed by atoms with van der Waals surface area (Å²) in [5.74, 6) is -1.29. The highest BCUT2D eigenvalue weighted by atomic mass is 31.3. The molecule has 0 radical (unpaired) electrons. The maximum absolute atomic E-state index is 13.6. The molecule has 0 amide bonds. The Morgan fingerprint density at radius 1 is 0.792 bits per heavy atom. The van der Waals surface area contributed by atoms with E-state index < -0.39 is 141 Å². The van der Waals surface area contributed by atoms with Crippen LogP contribution in [0.4, 0.5) is 11.8 Å². The number of hydrogen-bond acceptors (Lipinski definition) is 27. The van der Waals surface area contributed by atoms with E-state index in [-0.39, 0.29) is 53.2 Å². The Kier molecular flexibility index (Phi) is 17.4. The van der Waals surface area contributed by atoms with E-state index in [2.05, 4.69) is 33.5 Å². The van der Waals surface area contributed by atoms with E-state index in [4.69, 9.17) is 53.2 Å². The van der Waals surface area contributed by atoms with Gasteiger partial charge in [-0.15, -0.1) is 0 Å². The maximum atomic E-state index is 13.6. The van der Waals surface area contributed by atoms with Crippen molar-refractivity contribution in [3.05, 3.63) is 62.4 Å². The van der Waals surface area contributed by atoms with Gasteiger partial charge in [0.25, 0.3) is 17.1 Å². The van der Waals surface area contributed by atoms with Gasteiger partial charge >= 0.3 is 42.6 Å². The quantitative estimate of drug-likeness (QED) is 0.0232. The number of methoxy groups -OCH3 is 1. The molecule has 8 rings (SSSR count). The molecule has 8 heterocycles. The fourth-order valence-corrected chi connectivity index (χ4v) is 13.2. The number of imidazole rings is 2. The van der Waals surface area contributed by atoms with Crippen molar-refractivity contribution in [3.63, 3.8) is 0 Å². The summed E-state index contributed by atoms with van der Waals surface area (Å²) in [7, 11) is -20.8. The Morgan fingerprint density at radius 2 is 1.44 bits per heavy atom. The van der Waals surface area contributed by atoms with E-state index in [1.807, 2.05) is 4.98 Å². The molecular weight excluding hydrogens is 1120 g/mol. The summed E-state index contributed by atoms with van der Waals surface area (Å²) in [6, 6.07) is 0.927. The Bertz CT molecular complexity index is 3340. The molecule has 426 valence electrons. The predicted octanol–water partition coefficient (Wildman–Crippen LogP) is -2.81. The summed E-state index contributed by atoms with van der Waals surface area (Å²) < 4.78 is 116. The van der Waals surface area contributed by atoms with Gasteiger partial charge in [0, 0.05) is 31.9 Å². The fraction of sp³-hybridized carbons (Fsp3) is 0.611. The summed E-state index contributed by atoms with van der Waals surface area (Å²) in [5.41, 5.74) is 9.38. The molecule has 37 nitrogen and oxygen atoms in total. The largest absolute Gasteiger partial charge is 0.490 e. The van der Waals surface area contributed by atoms with Gasteiger partial charge in [-0.3, -0.25) is 51.4 Å². The van der Waals surface area contributed by atoms with Crippen molar-refractivity contribution >= 4 is 65.4 Å². The summed E-state index contributed by atoms with van der Waals surface area (Å²) in [6.07, 6.45) is -13.4. The number of phosphoric acid groups is 4. The first-order valence-corrected chi connectivity index (χ1v) is 28.6. The minimum Gasteiger partial charge on any atom is -0.387 e. The van der Waals surface area contributed by atoms with Crippen molar-refractivity contribution in [1.82, 2.24) is 43.6 Å². The number of fused-ring (bicyclic) bond motifs is 2. The molecule has 41 heteroatoms. The molecule has 5 aromatic rings. The van der Waals surface area contributed by atoms with E-state index in [1.54, 1.807) is 13.8 Å². The molecule has 0 aliphatic carbocycles. The molecule has 3 aliphatic rings. The van der Waals surface area contributed by atoms with Crippen LogP contribution < -0.4 is 32.8 Å². The molecule has 3 fully saturated rings. The Morgan fingerprint density at radius 3 is 2.10 bits per heavy atom. The molecule has 3 aliphatic heterocycles. The number of aromatic nitrogens is 10. The highest BCUT2D eigenvalue weighted by Crippen LogP contribution is 2.68. The number of aliphatic hydroxyl groups excluding tert-OH is 3. The minimum atomic E-state index is -6.19. The third-order valence-electron chi connectivity index (χ3n) is 12.0. The number of rotatable bonds is 23. The molecule has 77 heavy (non-hydrogen) atoms. The second kappa shape index (κ2) is 22.9. The number of aliphatic hydroxyl groups is 3. The second-order valence-corrected chi connectivity index (χ2v) is 23.6. The third kappa shape index (κ3) is 13.0. The lowest BCUT2D eigenvalue weighted by Gasteiger charge is -2.26. The first-order valence-electron chi connectivity index (χ1n) is 22.6. The van der Waals surface area contributed by atoms with Gasteiger partial charge in [-0.2, -0.15) is 8.62 Å². The van der Waals surface area contributed by atoms with Crippen LogP contribution in [0.2, 0.25) is 0 Å². The number of hydrogen-bond donors (Lipinski definition) is 11. The van der Waals surface area contributed by atoms with Gasteiger partial charge < -0.3 is 70.0 Å². The Balaban J connectivity index is 0.945. The molecule has 0 aromatic carbocycles. The average Bonchev–Trinajstić information content (AvgIpc) is 4.15. The summed E-state index contributed by atoms with van der Waals surface area (Å²) >= 11 is 0. The van der Waals surface area contributed by atoms with Gasteiger partial charge in [-0.05, 0) is 20.3 Å². The summed E-state index contributed by atoms with van der Waals surface area (Å²) in [4.78, 5) is 99.9. The molecule has 4 unspecified atom stereocenters. The van der Waals surface area contributed by atoms with Crippen molar-refractivity contribution < 1.29 is 108 Å². The zero-order chi connectivity index (χ0) is 56.1. The van der Waals surface area contributed by atoms with Crippen LogP contribution in [0.25, 0.3) is 22.3 Å². The van der Waals surface area contributed by atoms with Crippen LogP contribution in [0.1, 0.15) is 39.0 Å². The molecule has 13 N–H and O–H groups in total. The fourth-order valence-electron chi connectivity index (χ4n) is 8.67. The van der Waals surface area contributed by atoms with Gasteiger partial charge in [-0.1, -0.05) is 4.98 Å². The number of nitrogens with one attached hydrogen (secondary N) is 2. The van der Waals surface area contributed by atoms with Crippen molar-refractivity contribution in [3.8, 4) is 0 Å². The number of H-pyrrole nitrogens is 2. The SMILES string of the molecule is CO[C@@H]1[C@H](OP(=O)(O)OC[C@H]2O[C@@H](n3ccc(=O)[nH]c3=O)[C@H](O)[C@@H]2O)[C@@H](COP(=O)(O)OP(=O)(O)OP(=O)(O)OC[C@H]2O[C@@H]([n+]3cn(C)c4c(=O)[nH]c(N)nc43)[C@H](O)[C@@H]2CCOC(C)C)O[C@H]1n1cnc2c(N)ncnc21. The van der Waals surface area contributed by atoms with Crippen molar-refractivity contribution in [2.24, 2.45) is 13.0 Å². The molecule has 16 atom stereocenters. The second-order valence-electron chi connectivity index (χ2n) is 17.6.